The molecule has 0 spiro atoms. The third kappa shape index (κ3) is 3.01. The topological polar surface area (TPSA) is 71.2 Å². The van der Waals surface area contributed by atoms with Gasteiger partial charge < -0.3 is 15.0 Å². The lowest BCUT2D eigenvalue weighted by Gasteiger charge is -2.10. The van der Waals surface area contributed by atoms with Crippen molar-refractivity contribution in [2.45, 2.75) is 6.92 Å². The van der Waals surface area contributed by atoms with Crippen molar-refractivity contribution < 1.29 is 9.53 Å². The highest BCUT2D eigenvalue weighted by Crippen LogP contribution is 2.25. The zero-order valence-electron chi connectivity index (χ0n) is 10.7. The van der Waals surface area contributed by atoms with Gasteiger partial charge in [0.1, 0.15) is 5.75 Å². The molecule has 0 saturated heterocycles. The van der Waals surface area contributed by atoms with Crippen molar-refractivity contribution in [3.05, 3.63) is 58.0 Å². The Morgan fingerprint density at radius 1 is 1.26 bits per heavy atom. The fraction of sp³-hybridized carbons (Fsp3) is 0.143. The van der Waals surface area contributed by atoms with Crippen LogP contribution in [-0.2, 0) is 0 Å². The molecule has 0 radical (unpaired) electrons. The number of aromatic amines is 1. The summed E-state index contributed by atoms with van der Waals surface area (Å²) in [6.45, 7) is 1.92. The fourth-order valence-electron chi connectivity index (χ4n) is 1.70. The van der Waals surface area contributed by atoms with E-state index in [1.807, 2.05) is 19.1 Å². The molecule has 1 heterocycles. The second kappa shape index (κ2) is 5.39. The van der Waals surface area contributed by atoms with Gasteiger partial charge in [0.05, 0.1) is 12.8 Å². The van der Waals surface area contributed by atoms with Crippen molar-refractivity contribution in [1.29, 1.82) is 0 Å². The predicted octanol–water partition coefficient (Wildman–Crippen LogP) is 1.94. The van der Waals surface area contributed by atoms with E-state index in [2.05, 4.69) is 10.3 Å². The summed E-state index contributed by atoms with van der Waals surface area (Å²) in [5.74, 6) is 0.221. The third-order valence-electron chi connectivity index (χ3n) is 2.64. The molecule has 5 heteroatoms. The summed E-state index contributed by atoms with van der Waals surface area (Å²) in [7, 11) is 1.54. The number of anilines is 1. The monoisotopic (exact) mass is 258 g/mol. The molecule has 5 nitrogen and oxygen atoms in total. The van der Waals surface area contributed by atoms with Gasteiger partial charge in [-0.25, -0.2) is 0 Å². The van der Waals surface area contributed by atoms with Gasteiger partial charge in [0.2, 0.25) is 5.56 Å². The number of aromatic nitrogens is 1. The van der Waals surface area contributed by atoms with E-state index in [0.29, 0.717) is 17.0 Å². The maximum absolute atomic E-state index is 12.0. The minimum absolute atomic E-state index is 0.298. The molecular formula is C14H14N2O3. The van der Waals surface area contributed by atoms with Crippen LogP contribution in [-0.4, -0.2) is 18.0 Å². The molecule has 0 unspecified atom stereocenters. The fourth-order valence-corrected chi connectivity index (χ4v) is 1.70. The summed E-state index contributed by atoms with van der Waals surface area (Å²) in [5.41, 5.74) is 1.56. The highest BCUT2D eigenvalue weighted by atomic mass is 16.5. The van der Waals surface area contributed by atoms with Crippen molar-refractivity contribution in [3.63, 3.8) is 0 Å². The molecule has 0 saturated carbocycles. The molecule has 19 heavy (non-hydrogen) atoms. The maximum atomic E-state index is 12.0. The number of benzene rings is 1. The smallest absolute Gasteiger partial charge is 0.256 e. The summed E-state index contributed by atoms with van der Waals surface area (Å²) < 4.78 is 5.18. The Hall–Kier alpha value is -2.56. The Labute approximate surface area is 110 Å². The van der Waals surface area contributed by atoms with Gasteiger partial charge in [0.25, 0.3) is 5.91 Å². The van der Waals surface area contributed by atoms with E-state index in [1.165, 1.54) is 19.4 Å². The van der Waals surface area contributed by atoms with Crippen molar-refractivity contribution in [2.24, 2.45) is 0 Å². The number of carbonyl (C=O) groups is 1. The van der Waals surface area contributed by atoms with Crippen LogP contribution in [0.25, 0.3) is 0 Å². The first kappa shape index (κ1) is 12.9. The van der Waals surface area contributed by atoms with Gasteiger partial charge in [0, 0.05) is 17.8 Å². The Morgan fingerprint density at radius 3 is 2.74 bits per heavy atom. The van der Waals surface area contributed by atoms with Gasteiger partial charge in [-0.05, 0) is 30.7 Å². The van der Waals surface area contributed by atoms with Crippen LogP contribution in [0.5, 0.6) is 5.75 Å². The average molecular weight is 258 g/mol. The molecule has 1 aromatic carbocycles. The summed E-state index contributed by atoms with van der Waals surface area (Å²) in [4.78, 5) is 25.7. The second-order valence-electron chi connectivity index (χ2n) is 4.10. The number of ether oxygens (including phenoxy) is 1. The molecule has 2 N–H and O–H groups in total. The van der Waals surface area contributed by atoms with E-state index < -0.39 is 0 Å². The van der Waals surface area contributed by atoms with Gasteiger partial charge in [-0.1, -0.05) is 6.07 Å². The first-order valence-electron chi connectivity index (χ1n) is 5.75. The van der Waals surface area contributed by atoms with Gasteiger partial charge in [0.15, 0.2) is 0 Å². The van der Waals surface area contributed by atoms with Crippen LogP contribution >= 0.6 is 0 Å². The van der Waals surface area contributed by atoms with Crippen molar-refractivity contribution >= 4 is 11.6 Å². The zero-order chi connectivity index (χ0) is 13.8. The molecule has 0 fully saturated rings. The number of amides is 1. The third-order valence-corrected chi connectivity index (χ3v) is 2.64. The number of rotatable bonds is 3. The SMILES string of the molecule is COc1ccc(C)cc1NC(=O)c1cc[nH]c(=O)c1. The quantitative estimate of drug-likeness (QED) is 0.883. The van der Waals surface area contributed by atoms with Crippen LogP contribution in [0.4, 0.5) is 5.69 Å². The molecule has 0 atom stereocenters. The normalized spacial score (nSPS) is 10.0. The highest BCUT2D eigenvalue weighted by molar-refractivity contribution is 6.04. The number of hydrogen-bond donors (Lipinski definition) is 2. The first-order chi connectivity index (χ1) is 9.10. The van der Waals surface area contributed by atoms with Crippen LogP contribution in [0.2, 0.25) is 0 Å². The molecule has 0 bridgehead atoms. The molecular weight excluding hydrogens is 244 g/mol. The number of aryl methyl sites for hydroxylation is 1. The standard InChI is InChI=1S/C14H14N2O3/c1-9-3-4-12(19-2)11(7-9)16-14(18)10-5-6-15-13(17)8-10/h3-8H,1-2H3,(H,15,17)(H,16,18). The second-order valence-corrected chi connectivity index (χ2v) is 4.10. The van der Waals surface area contributed by atoms with Crippen molar-refractivity contribution in [1.82, 2.24) is 4.98 Å². The van der Waals surface area contributed by atoms with Gasteiger partial charge in [-0.3, -0.25) is 9.59 Å². The number of pyridine rings is 1. The van der Waals surface area contributed by atoms with Crippen LogP contribution < -0.4 is 15.6 Å². The summed E-state index contributed by atoms with van der Waals surface area (Å²) in [5, 5.41) is 2.73. The average Bonchev–Trinajstić information content (AvgIpc) is 2.39. The number of hydrogen-bond acceptors (Lipinski definition) is 3. The van der Waals surface area contributed by atoms with Gasteiger partial charge >= 0.3 is 0 Å². The van der Waals surface area contributed by atoms with E-state index in [1.54, 1.807) is 12.1 Å². The van der Waals surface area contributed by atoms with Gasteiger partial charge in [-0.15, -0.1) is 0 Å². The molecule has 0 aliphatic heterocycles. The number of methoxy groups -OCH3 is 1. The molecule has 1 amide bonds. The molecule has 98 valence electrons. The molecule has 0 aliphatic carbocycles. The molecule has 2 aromatic rings. The van der Waals surface area contributed by atoms with E-state index in [9.17, 15) is 9.59 Å². The van der Waals surface area contributed by atoms with E-state index in [4.69, 9.17) is 4.74 Å². The number of H-pyrrole nitrogens is 1. The Morgan fingerprint density at radius 2 is 2.05 bits per heavy atom. The van der Waals surface area contributed by atoms with E-state index in [0.717, 1.165) is 5.56 Å². The molecule has 1 aromatic heterocycles. The Balaban J connectivity index is 2.28. The lowest BCUT2D eigenvalue weighted by molar-refractivity contribution is 0.102. The van der Waals surface area contributed by atoms with Crippen LogP contribution in [0.1, 0.15) is 15.9 Å². The Kier molecular flexibility index (Phi) is 3.66. The van der Waals surface area contributed by atoms with Crippen molar-refractivity contribution in [3.8, 4) is 5.75 Å². The summed E-state index contributed by atoms with van der Waals surface area (Å²) >= 11 is 0. The molecule has 2 rings (SSSR count). The van der Waals surface area contributed by atoms with Crippen LogP contribution in [0, 0.1) is 6.92 Å². The lowest BCUT2D eigenvalue weighted by Crippen LogP contribution is -2.16. The largest absolute Gasteiger partial charge is 0.495 e. The minimum Gasteiger partial charge on any atom is -0.495 e. The number of carbonyl (C=O) groups excluding carboxylic acids is 1. The van der Waals surface area contributed by atoms with E-state index in [-0.39, 0.29) is 11.5 Å². The lowest BCUT2D eigenvalue weighted by atomic mass is 10.2. The van der Waals surface area contributed by atoms with Gasteiger partial charge in [-0.2, -0.15) is 0 Å². The molecule has 0 aliphatic rings. The summed E-state index contributed by atoms with van der Waals surface area (Å²) in [6, 6.07) is 8.27. The minimum atomic E-state index is -0.352. The zero-order valence-corrected chi connectivity index (χ0v) is 10.7. The maximum Gasteiger partial charge on any atom is 0.256 e. The van der Waals surface area contributed by atoms with E-state index >= 15 is 0 Å². The summed E-state index contributed by atoms with van der Waals surface area (Å²) in [6.07, 6.45) is 1.44. The Bertz CT molecular complexity index is 662. The highest BCUT2D eigenvalue weighted by Gasteiger charge is 2.10. The first-order valence-corrected chi connectivity index (χ1v) is 5.75. The number of nitrogens with one attached hydrogen (secondary N) is 2. The van der Waals surface area contributed by atoms with Crippen LogP contribution in [0.3, 0.4) is 0 Å². The van der Waals surface area contributed by atoms with Crippen molar-refractivity contribution in [2.75, 3.05) is 12.4 Å². The predicted molar refractivity (Wildman–Crippen MR) is 72.7 cm³/mol. The van der Waals surface area contributed by atoms with Crippen LogP contribution in [0.15, 0.2) is 41.3 Å².